The first-order chi connectivity index (χ1) is 11.4. The standard InChI is InChI=1S/C19H22O5/c1-12(2)22-16-11-10-15(19(20)21)17(18(16)23-13(3)4)24-14-8-6-5-7-9-14/h5-13H,1-4H3,(H,20,21). The van der Waals surface area contributed by atoms with E-state index in [-0.39, 0.29) is 23.5 Å². The summed E-state index contributed by atoms with van der Waals surface area (Å²) in [5, 5.41) is 9.50. The van der Waals surface area contributed by atoms with E-state index in [1.165, 1.54) is 6.07 Å². The summed E-state index contributed by atoms with van der Waals surface area (Å²) in [6.45, 7) is 7.50. The smallest absolute Gasteiger partial charge is 0.339 e. The third-order valence-electron chi connectivity index (χ3n) is 2.99. The summed E-state index contributed by atoms with van der Waals surface area (Å²) in [5.41, 5.74) is 0.0191. The highest BCUT2D eigenvalue weighted by atomic mass is 16.6. The van der Waals surface area contributed by atoms with Crippen LogP contribution in [-0.2, 0) is 0 Å². The van der Waals surface area contributed by atoms with Crippen LogP contribution in [0.4, 0.5) is 0 Å². The fourth-order valence-corrected chi connectivity index (χ4v) is 2.11. The van der Waals surface area contributed by atoms with E-state index in [2.05, 4.69) is 0 Å². The van der Waals surface area contributed by atoms with Crippen LogP contribution in [0.1, 0.15) is 38.1 Å². The van der Waals surface area contributed by atoms with Gasteiger partial charge in [0.05, 0.1) is 12.2 Å². The molecule has 5 heteroatoms. The van der Waals surface area contributed by atoms with Crippen molar-refractivity contribution in [2.24, 2.45) is 0 Å². The van der Waals surface area contributed by atoms with Crippen molar-refractivity contribution in [3.63, 3.8) is 0 Å². The Morgan fingerprint density at radius 1 is 0.875 bits per heavy atom. The van der Waals surface area contributed by atoms with Gasteiger partial charge in [0.1, 0.15) is 11.3 Å². The number of hydrogen-bond donors (Lipinski definition) is 1. The van der Waals surface area contributed by atoms with Crippen LogP contribution in [0.3, 0.4) is 0 Å². The van der Waals surface area contributed by atoms with Crippen LogP contribution in [0.2, 0.25) is 0 Å². The van der Waals surface area contributed by atoms with Crippen LogP contribution >= 0.6 is 0 Å². The average Bonchev–Trinajstić information content (AvgIpc) is 2.50. The summed E-state index contributed by atoms with van der Waals surface area (Å²) < 4.78 is 17.4. The monoisotopic (exact) mass is 330 g/mol. The Hall–Kier alpha value is -2.69. The maximum absolute atomic E-state index is 11.6. The van der Waals surface area contributed by atoms with E-state index in [4.69, 9.17) is 14.2 Å². The highest BCUT2D eigenvalue weighted by molar-refractivity contribution is 5.93. The molecule has 2 aromatic carbocycles. The van der Waals surface area contributed by atoms with Gasteiger partial charge in [0.25, 0.3) is 0 Å². The van der Waals surface area contributed by atoms with Crippen LogP contribution in [0.5, 0.6) is 23.0 Å². The molecule has 0 unspecified atom stereocenters. The summed E-state index contributed by atoms with van der Waals surface area (Å²) in [6, 6.07) is 12.0. The topological polar surface area (TPSA) is 65.0 Å². The first-order valence-electron chi connectivity index (χ1n) is 7.85. The fraction of sp³-hybridized carbons (Fsp3) is 0.316. The van der Waals surface area contributed by atoms with E-state index in [1.54, 1.807) is 18.2 Å². The van der Waals surface area contributed by atoms with Crippen LogP contribution in [0, 0.1) is 0 Å². The number of ether oxygens (including phenoxy) is 3. The van der Waals surface area contributed by atoms with E-state index < -0.39 is 5.97 Å². The molecule has 0 aromatic heterocycles. The normalized spacial score (nSPS) is 10.8. The Labute approximate surface area is 141 Å². The molecule has 1 N–H and O–H groups in total. The molecule has 0 saturated heterocycles. The van der Waals surface area contributed by atoms with Gasteiger partial charge in [-0.25, -0.2) is 4.79 Å². The summed E-state index contributed by atoms with van der Waals surface area (Å²) in [7, 11) is 0. The zero-order chi connectivity index (χ0) is 17.7. The van der Waals surface area contributed by atoms with Crippen molar-refractivity contribution in [2.75, 3.05) is 0 Å². The van der Waals surface area contributed by atoms with Crippen molar-refractivity contribution in [1.29, 1.82) is 0 Å². The van der Waals surface area contributed by atoms with Gasteiger partial charge in [-0.05, 0) is 52.0 Å². The molecule has 0 aliphatic heterocycles. The zero-order valence-electron chi connectivity index (χ0n) is 14.3. The average molecular weight is 330 g/mol. The van der Waals surface area contributed by atoms with Crippen molar-refractivity contribution in [3.05, 3.63) is 48.0 Å². The van der Waals surface area contributed by atoms with Gasteiger partial charge in [0.15, 0.2) is 11.5 Å². The SMILES string of the molecule is CC(C)Oc1ccc(C(=O)O)c(Oc2ccccc2)c1OC(C)C. The van der Waals surface area contributed by atoms with Gasteiger partial charge >= 0.3 is 5.97 Å². The number of aromatic carboxylic acids is 1. The van der Waals surface area contributed by atoms with Gasteiger partial charge in [-0.15, -0.1) is 0 Å². The molecular formula is C19H22O5. The lowest BCUT2D eigenvalue weighted by Gasteiger charge is -2.21. The van der Waals surface area contributed by atoms with E-state index in [0.717, 1.165) is 0 Å². The third-order valence-corrected chi connectivity index (χ3v) is 2.99. The summed E-state index contributed by atoms with van der Waals surface area (Å²) >= 11 is 0. The van der Waals surface area contributed by atoms with Crippen LogP contribution in [0.25, 0.3) is 0 Å². The van der Waals surface area contributed by atoms with Gasteiger partial charge in [0.2, 0.25) is 5.75 Å². The van der Waals surface area contributed by atoms with Gasteiger partial charge < -0.3 is 19.3 Å². The number of carboxylic acids is 1. The van der Waals surface area contributed by atoms with E-state index >= 15 is 0 Å². The minimum atomic E-state index is -1.09. The van der Waals surface area contributed by atoms with Crippen LogP contribution < -0.4 is 14.2 Å². The lowest BCUT2D eigenvalue weighted by molar-refractivity contribution is 0.0692. The molecule has 0 aliphatic carbocycles. The molecule has 0 radical (unpaired) electrons. The van der Waals surface area contributed by atoms with Crippen molar-refractivity contribution in [3.8, 4) is 23.0 Å². The van der Waals surface area contributed by atoms with E-state index in [9.17, 15) is 9.90 Å². The largest absolute Gasteiger partial charge is 0.487 e. The maximum atomic E-state index is 11.6. The predicted molar refractivity (Wildman–Crippen MR) is 91.4 cm³/mol. The van der Waals surface area contributed by atoms with Gasteiger partial charge in [-0.2, -0.15) is 0 Å². The van der Waals surface area contributed by atoms with Gasteiger partial charge in [-0.1, -0.05) is 18.2 Å². The Kier molecular flexibility index (Phi) is 5.68. The molecule has 2 rings (SSSR count). The fourth-order valence-electron chi connectivity index (χ4n) is 2.11. The van der Waals surface area contributed by atoms with Gasteiger partial charge in [-0.3, -0.25) is 0 Å². The van der Waals surface area contributed by atoms with Crippen LogP contribution in [0.15, 0.2) is 42.5 Å². The molecule has 0 saturated carbocycles. The number of para-hydroxylation sites is 1. The highest BCUT2D eigenvalue weighted by Crippen LogP contribution is 2.43. The minimum Gasteiger partial charge on any atom is -0.487 e. The summed E-state index contributed by atoms with van der Waals surface area (Å²) in [6.07, 6.45) is -0.249. The summed E-state index contributed by atoms with van der Waals surface area (Å²) in [5.74, 6) is 0.318. The number of hydrogen-bond acceptors (Lipinski definition) is 4. The molecule has 0 aliphatic rings. The van der Waals surface area contributed by atoms with Crippen LogP contribution in [-0.4, -0.2) is 23.3 Å². The number of benzene rings is 2. The number of rotatable bonds is 7. The lowest BCUT2D eigenvalue weighted by Crippen LogP contribution is -2.13. The first kappa shape index (κ1) is 17.7. The molecular weight excluding hydrogens is 308 g/mol. The maximum Gasteiger partial charge on any atom is 0.339 e. The van der Waals surface area contributed by atoms with E-state index in [0.29, 0.717) is 17.2 Å². The van der Waals surface area contributed by atoms with E-state index in [1.807, 2.05) is 45.9 Å². The van der Waals surface area contributed by atoms with Crippen molar-refractivity contribution in [1.82, 2.24) is 0 Å². The Balaban J connectivity index is 2.58. The second kappa shape index (κ2) is 7.73. The molecule has 128 valence electrons. The highest BCUT2D eigenvalue weighted by Gasteiger charge is 2.23. The first-order valence-corrected chi connectivity index (χ1v) is 7.85. The second-order valence-electron chi connectivity index (χ2n) is 5.82. The molecule has 0 spiro atoms. The van der Waals surface area contributed by atoms with Crippen molar-refractivity contribution < 1.29 is 24.1 Å². The lowest BCUT2D eigenvalue weighted by atomic mass is 10.1. The Morgan fingerprint density at radius 2 is 1.50 bits per heavy atom. The Bertz CT molecular complexity index is 692. The molecule has 0 amide bonds. The van der Waals surface area contributed by atoms with Crippen molar-refractivity contribution >= 4 is 5.97 Å². The number of carbonyl (C=O) groups is 1. The predicted octanol–water partition coefficient (Wildman–Crippen LogP) is 4.75. The molecule has 0 fully saturated rings. The number of carboxylic acid groups (broad SMARTS) is 1. The zero-order valence-corrected chi connectivity index (χ0v) is 14.3. The minimum absolute atomic E-state index is 0.0191. The molecule has 5 nitrogen and oxygen atoms in total. The molecule has 2 aromatic rings. The summed E-state index contributed by atoms with van der Waals surface area (Å²) in [4.78, 5) is 11.6. The van der Waals surface area contributed by atoms with Crippen molar-refractivity contribution in [2.45, 2.75) is 39.9 Å². The molecule has 24 heavy (non-hydrogen) atoms. The Morgan fingerprint density at radius 3 is 2.04 bits per heavy atom. The third kappa shape index (κ3) is 4.41. The molecule has 0 atom stereocenters. The van der Waals surface area contributed by atoms with Gasteiger partial charge in [0, 0.05) is 0 Å². The second-order valence-corrected chi connectivity index (χ2v) is 5.82. The molecule has 0 heterocycles. The molecule has 0 bridgehead atoms. The quantitative estimate of drug-likeness (QED) is 0.793.